The Hall–Kier alpha value is -2.68. The van der Waals surface area contributed by atoms with Gasteiger partial charge in [0.25, 0.3) is 5.91 Å². The highest BCUT2D eigenvalue weighted by Gasteiger charge is 2.38. The molecule has 8 nitrogen and oxygen atoms in total. The smallest absolute Gasteiger partial charge is 0.487 e. The SMILES string of the molecule is O=C(NS(=O)(=O)C1CC1)c1cc(Cl)c(OC2CCCN(Cc3ccc(F)cc3Cl)C2)cc1F.O=C(O)C(F)(F)F. The maximum Gasteiger partial charge on any atom is 0.490 e. The van der Waals surface area contributed by atoms with Crippen LogP contribution in [0.3, 0.4) is 0 Å². The molecule has 4 rings (SSSR count). The molecule has 0 aromatic heterocycles. The lowest BCUT2D eigenvalue weighted by Gasteiger charge is -2.33. The van der Waals surface area contributed by atoms with Gasteiger partial charge in [-0.15, -0.1) is 0 Å². The summed E-state index contributed by atoms with van der Waals surface area (Å²) in [6, 6.07) is 6.33. The fraction of sp³-hybridized carbons (Fsp3) is 0.417. The van der Waals surface area contributed by atoms with E-state index in [-0.39, 0.29) is 16.9 Å². The Morgan fingerprint density at radius 3 is 2.30 bits per heavy atom. The Kier molecular flexibility index (Phi) is 10.3. The molecule has 1 aliphatic carbocycles. The minimum absolute atomic E-state index is 0.00377. The molecule has 1 saturated heterocycles. The Morgan fingerprint density at radius 2 is 1.73 bits per heavy atom. The van der Waals surface area contributed by atoms with Gasteiger partial charge in [-0.2, -0.15) is 13.2 Å². The van der Waals surface area contributed by atoms with E-state index < -0.39 is 50.5 Å². The summed E-state index contributed by atoms with van der Waals surface area (Å²) in [4.78, 5) is 23.3. The molecule has 40 heavy (non-hydrogen) atoms. The molecule has 1 atom stereocenters. The first-order chi connectivity index (χ1) is 18.6. The molecule has 0 bridgehead atoms. The van der Waals surface area contributed by atoms with E-state index in [0.717, 1.165) is 30.7 Å². The molecule has 2 aromatic rings. The molecule has 1 aliphatic heterocycles. The standard InChI is InChI=1S/C22H22Cl2F2N2O4S.C2HF3O2/c23-18-8-14(25)4-3-13(18)11-28-7-1-2-15(12-28)32-21-10-20(26)17(9-19(21)24)22(29)27-33(30,31)16-5-6-16;3-2(4,5)1(6)7/h3-4,8-10,15-16H,1-2,5-7,11-12H2,(H,27,29);(H,6,7). The van der Waals surface area contributed by atoms with Crippen molar-refractivity contribution in [3.05, 3.63) is 63.1 Å². The van der Waals surface area contributed by atoms with Gasteiger partial charge >= 0.3 is 12.1 Å². The number of aliphatic carboxylic acids is 1. The number of hydrogen-bond acceptors (Lipinski definition) is 6. The third kappa shape index (κ3) is 8.91. The summed E-state index contributed by atoms with van der Waals surface area (Å²) in [6.45, 7) is 1.83. The predicted molar refractivity (Wildman–Crippen MR) is 135 cm³/mol. The summed E-state index contributed by atoms with van der Waals surface area (Å²) in [5.74, 6) is -5.08. The van der Waals surface area contributed by atoms with Crippen molar-refractivity contribution in [2.45, 2.75) is 49.8 Å². The molecule has 0 radical (unpaired) electrons. The van der Waals surface area contributed by atoms with E-state index in [0.29, 0.717) is 37.4 Å². The quantitative estimate of drug-likeness (QED) is 0.405. The van der Waals surface area contributed by atoms with Crippen molar-refractivity contribution in [2.24, 2.45) is 0 Å². The number of nitrogens with one attached hydrogen (secondary N) is 1. The topological polar surface area (TPSA) is 113 Å². The number of piperidine rings is 1. The molecule has 2 fully saturated rings. The largest absolute Gasteiger partial charge is 0.490 e. The Morgan fingerprint density at radius 1 is 1.07 bits per heavy atom. The number of ether oxygens (including phenoxy) is 1. The van der Waals surface area contributed by atoms with Crippen LogP contribution in [-0.2, 0) is 21.4 Å². The molecule has 1 amide bonds. The highest BCUT2D eigenvalue weighted by atomic mass is 35.5. The number of nitrogens with zero attached hydrogens (tertiary/aromatic N) is 1. The van der Waals surface area contributed by atoms with Crippen molar-refractivity contribution in [3.63, 3.8) is 0 Å². The summed E-state index contributed by atoms with van der Waals surface area (Å²) >= 11 is 12.4. The third-order valence-corrected chi connectivity index (χ3v) is 8.34. The lowest BCUT2D eigenvalue weighted by molar-refractivity contribution is -0.192. The lowest BCUT2D eigenvalue weighted by atomic mass is 10.1. The second kappa shape index (κ2) is 12.9. The van der Waals surface area contributed by atoms with Crippen LogP contribution in [0.5, 0.6) is 5.75 Å². The van der Waals surface area contributed by atoms with Crippen LogP contribution in [0.1, 0.15) is 41.6 Å². The second-order valence-electron chi connectivity index (χ2n) is 9.09. The van der Waals surface area contributed by atoms with Crippen molar-refractivity contribution in [2.75, 3.05) is 13.1 Å². The van der Waals surface area contributed by atoms with Crippen LogP contribution >= 0.6 is 23.2 Å². The molecule has 1 saturated carbocycles. The van der Waals surface area contributed by atoms with Gasteiger partial charge in [0.2, 0.25) is 10.0 Å². The summed E-state index contributed by atoms with van der Waals surface area (Å²) in [5, 5.41) is 6.87. The number of hydrogen-bond donors (Lipinski definition) is 2. The average Bonchev–Trinajstić information content (AvgIpc) is 3.69. The molecule has 2 N–H and O–H groups in total. The van der Waals surface area contributed by atoms with E-state index in [9.17, 15) is 35.2 Å². The number of carboxylic acids is 1. The van der Waals surface area contributed by atoms with E-state index >= 15 is 0 Å². The molecule has 0 spiro atoms. The highest BCUT2D eigenvalue weighted by molar-refractivity contribution is 7.91. The van der Waals surface area contributed by atoms with E-state index in [1.54, 1.807) is 6.07 Å². The summed E-state index contributed by atoms with van der Waals surface area (Å²) in [6.07, 6.45) is -2.88. The van der Waals surface area contributed by atoms with Gasteiger partial charge in [0.1, 0.15) is 23.5 Å². The molecule has 1 heterocycles. The maximum atomic E-state index is 14.6. The van der Waals surface area contributed by atoms with Crippen LogP contribution in [0.15, 0.2) is 30.3 Å². The van der Waals surface area contributed by atoms with Crippen LogP contribution < -0.4 is 9.46 Å². The summed E-state index contributed by atoms with van der Waals surface area (Å²) in [7, 11) is -3.81. The van der Waals surface area contributed by atoms with Crippen LogP contribution in [0.4, 0.5) is 22.0 Å². The van der Waals surface area contributed by atoms with Crippen molar-refractivity contribution in [1.29, 1.82) is 0 Å². The number of alkyl halides is 3. The molecule has 220 valence electrons. The first-order valence-electron chi connectivity index (χ1n) is 11.7. The number of carbonyl (C=O) groups excluding carboxylic acids is 1. The van der Waals surface area contributed by atoms with Crippen LogP contribution in [0.2, 0.25) is 10.0 Å². The van der Waals surface area contributed by atoms with Crippen LogP contribution in [0.25, 0.3) is 0 Å². The molecule has 2 aromatic carbocycles. The third-order valence-electron chi connectivity index (χ3n) is 5.87. The molecular formula is C24H23Cl2F5N2O6S. The monoisotopic (exact) mass is 632 g/mol. The van der Waals surface area contributed by atoms with E-state index in [4.69, 9.17) is 37.8 Å². The zero-order valence-corrected chi connectivity index (χ0v) is 22.8. The van der Waals surface area contributed by atoms with E-state index in [1.807, 2.05) is 4.72 Å². The van der Waals surface area contributed by atoms with Gasteiger partial charge < -0.3 is 9.84 Å². The number of rotatable bonds is 7. The summed E-state index contributed by atoms with van der Waals surface area (Å²) in [5.41, 5.74) is 0.326. The number of carbonyl (C=O) groups is 2. The first kappa shape index (κ1) is 31.8. The number of sulfonamides is 1. The first-order valence-corrected chi connectivity index (χ1v) is 14.0. The average molecular weight is 633 g/mol. The maximum absolute atomic E-state index is 14.6. The molecule has 2 aliphatic rings. The second-order valence-corrected chi connectivity index (χ2v) is 11.9. The van der Waals surface area contributed by atoms with Gasteiger partial charge in [-0.3, -0.25) is 9.69 Å². The fourth-order valence-corrected chi connectivity index (χ4v) is 5.49. The number of benzene rings is 2. The van der Waals surface area contributed by atoms with E-state index in [1.165, 1.54) is 12.1 Å². The van der Waals surface area contributed by atoms with Crippen molar-refractivity contribution < 1.29 is 49.8 Å². The van der Waals surface area contributed by atoms with E-state index in [2.05, 4.69) is 4.90 Å². The van der Waals surface area contributed by atoms with Crippen LogP contribution in [0, 0.1) is 11.6 Å². The molecule has 1 unspecified atom stereocenters. The van der Waals surface area contributed by atoms with Crippen molar-refractivity contribution in [1.82, 2.24) is 9.62 Å². The summed E-state index contributed by atoms with van der Waals surface area (Å²) < 4.78 is 91.4. The number of carboxylic acid groups (broad SMARTS) is 1. The van der Waals surface area contributed by atoms with Crippen molar-refractivity contribution >= 4 is 45.1 Å². The molecule has 16 heteroatoms. The highest BCUT2D eigenvalue weighted by Crippen LogP contribution is 2.32. The Balaban J connectivity index is 0.000000559. The normalized spacial score (nSPS) is 17.9. The minimum Gasteiger partial charge on any atom is -0.487 e. The number of halogens is 7. The zero-order chi connectivity index (χ0) is 29.8. The van der Waals surface area contributed by atoms with Gasteiger partial charge in [0.15, 0.2) is 0 Å². The van der Waals surface area contributed by atoms with Gasteiger partial charge in [0.05, 0.1) is 15.8 Å². The minimum atomic E-state index is -5.08. The van der Waals surface area contributed by atoms with Crippen LogP contribution in [-0.4, -0.2) is 60.9 Å². The zero-order valence-electron chi connectivity index (χ0n) is 20.5. The predicted octanol–water partition coefficient (Wildman–Crippen LogP) is 5.17. The fourth-order valence-electron chi connectivity index (χ4n) is 3.76. The lowest BCUT2D eigenvalue weighted by Crippen LogP contribution is -2.40. The number of likely N-dealkylation sites (tertiary alicyclic amines) is 1. The van der Waals surface area contributed by atoms with Gasteiger partial charge in [-0.05, 0) is 56.0 Å². The van der Waals surface area contributed by atoms with Gasteiger partial charge in [-0.1, -0.05) is 29.3 Å². The number of amides is 1. The van der Waals surface area contributed by atoms with Crippen molar-refractivity contribution in [3.8, 4) is 5.75 Å². The Labute approximate surface area is 236 Å². The van der Waals surface area contributed by atoms with Gasteiger partial charge in [-0.25, -0.2) is 26.7 Å². The molecular weight excluding hydrogens is 610 g/mol. The van der Waals surface area contributed by atoms with Gasteiger partial charge in [0, 0.05) is 24.2 Å². The Bertz CT molecular complexity index is 1370.